The van der Waals surface area contributed by atoms with E-state index in [9.17, 15) is 43.2 Å². The van der Waals surface area contributed by atoms with Crippen molar-refractivity contribution in [1.82, 2.24) is 0 Å². The normalized spacial score (nSPS) is 14.8. The van der Waals surface area contributed by atoms with Crippen LogP contribution < -0.4 is 0 Å². The van der Waals surface area contributed by atoms with Gasteiger partial charge >= 0.3 is 39.5 Å². The monoisotopic (exact) mass is 1470 g/mol. The molecule has 5 unspecified atom stereocenters. The molecule has 0 aliphatic rings. The number of phosphoric acid groups is 2. The summed E-state index contributed by atoms with van der Waals surface area (Å²) in [5, 5.41) is 10.6. The van der Waals surface area contributed by atoms with E-state index in [2.05, 4.69) is 174 Å². The first kappa shape index (κ1) is 96.7. The molecule has 0 aliphatic carbocycles. The molecule has 0 aromatic heterocycles. The van der Waals surface area contributed by atoms with E-state index < -0.39 is 97.5 Å². The van der Waals surface area contributed by atoms with E-state index in [0.717, 1.165) is 161 Å². The Labute approximate surface area is 617 Å². The highest BCUT2D eigenvalue weighted by atomic mass is 31.2. The average molecular weight is 1470 g/mol. The molecule has 17 nitrogen and oxygen atoms in total. The standard InChI is InChI=1S/C83H136O17P2/c1-5-9-13-17-21-25-29-32-35-37-38-40-43-45-49-52-56-60-64-68-80(85)93-73-78(99-82(87)69-65-61-57-53-47-28-24-20-16-12-8-4)75-97-101(89,90)95-71-77(84)72-96-102(91,92)98-76-79(100-83(88)70-66-62-58-54-50-46-41-34-31-27-23-19-15-11-7-3)74-94-81(86)67-63-59-55-51-48-44-42-39-36-33-30-26-22-18-14-10-6-2/h9-11,13-15,21-23,25-27,32-36,38,40-42,44-45,49,51,55,77-79,84H,5-8,12,16-20,24,28-31,37,39,43,46-48,50,52-54,56-76H2,1-4H3,(H,89,90)(H,91,92)/b13-9-,14-10-,15-11-,25-21-,26-22-,27-23-,35-32-,36-33-,40-38-,41-34-,44-42-,49-45-,55-51-. The maximum atomic E-state index is 13.1. The van der Waals surface area contributed by atoms with E-state index >= 15 is 0 Å². The zero-order chi connectivity index (χ0) is 74.6. The van der Waals surface area contributed by atoms with Crippen molar-refractivity contribution in [2.24, 2.45) is 0 Å². The molecule has 0 aromatic rings. The summed E-state index contributed by atoms with van der Waals surface area (Å²) in [6.45, 7) is 4.39. The molecular weight excluding hydrogens is 1330 g/mol. The fraction of sp³-hybridized carbons (Fsp3) is 0.639. The predicted octanol–water partition coefficient (Wildman–Crippen LogP) is 22.4. The molecule has 0 saturated carbocycles. The van der Waals surface area contributed by atoms with Crippen LogP contribution in [-0.4, -0.2) is 96.7 Å². The minimum Gasteiger partial charge on any atom is -0.462 e. The summed E-state index contributed by atoms with van der Waals surface area (Å²) in [5.41, 5.74) is 0. The highest BCUT2D eigenvalue weighted by molar-refractivity contribution is 7.47. The van der Waals surface area contributed by atoms with Crippen LogP contribution in [0, 0.1) is 0 Å². The first-order valence-corrected chi connectivity index (χ1v) is 41.7. The minimum atomic E-state index is -5.00. The number of ether oxygens (including phenoxy) is 4. The van der Waals surface area contributed by atoms with Crippen LogP contribution in [-0.2, 0) is 65.4 Å². The second kappa shape index (κ2) is 74.0. The molecule has 0 radical (unpaired) electrons. The smallest absolute Gasteiger partial charge is 0.462 e. The van der Waals surface area contributed by atoms with Crippen molar-refractivity contribution in [2.45, 2.75) is 303 Å². The van der Waals surface area contributed by atoms with Crippen molar-refractivity contribution < 1.29 is 80.2 Å². The van der Waals surface area contributed by atoms with Crippen LogP contribution in [0.2, 0.25) is 0 Å². The van der Waals surface area contributed by atoms with Gasteiger partial charge in [0, 0.05) is 25.7 Å². The van der Waals surface area contributed by atoms with Crippen LogP contribution in [0.5, 0.6) is 0 Å². The average Bonchev–Trinajstić information content (AvgIpc) is 0.926. The van der Waals surface area contributed by atoms with Gasteiger partial charge in [0.25, 0.3) is 0 Å². The molecule has 0 rings (SSSR count). The number of carbonyl (C=O) groups excluding carboxylic acids is 4. The molecule has 0 amide bonds. The lowest BCUT2D eigenvalue weighted by atomic mass is 10.1. The Morgan fingerprint density at radius 1 is 0.284 bits per heavy atom. The number of hydrogen-bond donors (Lipinski definition) is 3. The third-order valence-electron chi connectivity index (χ3n) is 15.5. The van der Waals surface area contributed by atoms with Crippen molar-refractivity contribution >= 4 is 39.5 Å². The second-order valence-corrected chi connectivity index (χ2v) is 28.1. The summed E-state index contributed by atoms with van der Waals surface area (Å²) >= 11 is 0. The van der Waals surface area contributed by atoms with E-state index in [1.807, 2.05) is 12.2 Å². The molecule has 0 bridgehead atoms. The van der Waals surface area contributed by atoms with Gasteiger partial charge < -0.3 is 33.8 Å². The third-order valence-corrected chi connectivity index (χ3v) is 17.4. The van der Waals surface area contributed by atoms with Gasteiger partial charge in [-0.15, -0.1) is 0 Å². The lowest BCUT2D eigenvalue weighted by Crippen LogP contribution is -2.30. The van der Waals surface area contributed by atoms with Gasteiger partial charge in [0.2, 0.25) is 0 Å². The maximum absolute atomic E-state index is 13.1. The van der Waals surface area contributed by atoms with Crippen LogP contribution in [0.1, 0.15) is 285 Å². The summed E-state index contributed by atoms with van der Waals surface area (Å²) in [6, 6.07) is 0. The van der Waals surface area contributed by atoms with Gasteiger partial charge in [-0.2, -0.15) is 0 Å². The summed E-state index contributed by atoms with van der Waals surface area (Å²) in [7, 11) is -9.99. The van der Waals surface area contributed by atoms with Gasteiger partial charge in [0.15, 0.2) is 12.2 Å². The van der Waals surface area contributed by atoms with Crippen LogP contribution >= 0.6 is 15.6 Å². The topological polar surface area (TPSA) is 237 Å². The Hall–Kier alpha value is -5.32. The van der Waals surface area contributed by atoms with Crippen molar-refractivity contribution in [3.05, 3.63) is 158 Å². The third kappa shape index (κ3) is 73.0. The van der Waals surface area contributed by atoms with E-state index in [0.29, 0.717) is 32.1 Å². The Kier molecular flexibility index (Phi) is 70.1. The molecule has 0 saturated heterocycles. The lowest BCUT2D eigenvalue weighted by Gasteiger charge is -2.21. The van der Waals surface area contributed by atoms with E-state index in [-0.39, 0.29) is 25.7 Å². The maximum Gasteiger partial charge on any atom is 0.472 e. The number of esters is 4. The molecular formula is C83H136O17P2. The van der Waals surface area contributed by atoms with Crippen LogP contribution in [0.4, 0.5) is 0 Å². The Bertz CT molecular complexity index is 2550. The molecule has 580 valence electrons. The lowest BCUT2D eigenvalue weighted by molar-refractivity contribution is -0.161. The molecule has 19 heteroatoms. The van der Waals surface area contributed by atoms with E-state index in [1.165, 1.54) is 38.5 Å². The van der Waals surface area contributed by atoms with Crippen molar-refractivity contribution in [2.75, 3.05) is 39.6 Å². The summed E-state index contributed by atoms with van der Waals surface area (Å²) < 4.78 is 68.4. The molecule has 0 spiro atoms. The van der Waals surface area contributed by atoms with E-state index in [4.69, 9.17) is 37.0 Å². The molecule has 5 atom stereocenters. The summed E-state index contributed by atoms with van der Waals surface area (Å²) in [4.78, 5) is 72.9. The molecule has 102 heavy (non-hydrogen) atoms. The number of aliphatic hydroxyl groups excluding tert-OH is 1. The Morgan fingerprint density at radius 3 is 0.833 bits per heavy atom. The van der Waals surface area contributed by atoms with Gasteiger partial charge in [0.05, 0.1) is 26.4 Å². The number of carbonyl (C=O) groups is 4. The molecule has 0 aromatic carbocycles. The van der Waals surface area contributed by atoms with Crippen molar-refractivity contribution in [3.63, 3.8) is 0 Å². The number of allylic oxidation sites excluding steroid dienone is 26. The Balaban J connectivity index is 5.42. The quantitative estimate of drug-likeness (QED) is 0.0169. The van der Waals surface area contributed by atoms with Gasteiger partial charge in [0.1, 0.15) is 19.3 Å². The molecule has 3 N–H and O–H groups in total. The number of rotatable bonds is 71. The van der Waals surface area contributed by atoms with Gasteiger partial charge in [-0.3, -0.25) is 37.3 Å². The van der Waals surface area contributed by atoms with Crippen LogP contribution in [0.3, 0.4) is 0 Å². The fourth-order valence-electron chi connectivity index (χ4n) is 9.71. The van der Waals surface area contributed by atoms with Crippen LogP contribution in [0.25, 0.3) is 0 Å². The van der Waals surface area contributed by atoms with Gasteiger partial charge in [-0.05, 0) is 141 Å². The summed E-state index contributed by atoms with van der Waals surface area (Å²) in [5.74, 6) is -2.31. The van der Waals surface area contributed by atoms with Gasteiger partial charge in [-0.1, -0.05) is 276 Å². The van der Waals surface area contributed by atoms with Crippen molar-refractivity contribution in [1.29, 1.82) is 0 Å². The first-order valence-electron chi connectivity index (χ1n) is 38.7. The highest BCUT2D eigenvalue weighted by Crippen LogP contribution is 2.45. The number of hydrogen-bond acceptors (Lipinski definition) is 15. The minimum absolute atomic E-state index is 0.0579. The zero-order valence-electron chi connectivity index (χ0n) is 63.2. The predicted molar refractivity (Wildman–Crippen MR) is 417 cm³/mol. The number of aliphatic hydroxyl groups is 1. The van der Waals surface area contributed by atoms with Gasteiger partial charge in [-0.25, -0.2) is 9.13 Å². The molecule has 0 aliphatic heterocycles. The first-order chi connectivity index (χ1) is 49.7. The molecule has 0 fully saturated rings. The molecule has 0 heterocycles. The zero-order valence-corrected chi connectivity index (χ0v) is 65.0. The second-order valence-electron chi connectivity index (χ2n) is 25.2. The number of phosphoric ester groups is 2. The fourth-order valence-corrected chi connectivity index (χ4v) is 11.3. The Morgan fingerprint density at radius 2 is 0.520 bits per heavy atom. The number of unbranched alkanes of at least 4 members (excludes halogenated alkanes) is 19. The van der Waals surface area contributed by atoms with Crippen LogP contribution in [0.15, 0.2) is 158 Å². The van der Waals surface area contributed by atoms with Crippen molar-refractivity contribution in [3.8, 4) is 0 Å². The largest absolute Gasteiger partial charge is 0.472 e. The summed E-state index contributed by atoms with van der Waals surface area (Å²) in [6.07, 6.45) is 85.3. The van der Waals surface area contributed by atoms with E-state index in [1.54, 1.807) is 0 Å². The SMILES string of the molecule is CC/C=C\C/C=C\C/C=C\C/C=C\C/C=C\CCCCCC(=O)OCC(COP(=O)(O)OCC(O)COP(=O)(O)OCC(COC(=O)CCC/C=C\C/C=C\C/C=C\C/C=C\C/C=C\CC)OC(=O)CCCCCCC/C=C\C/C=C\C/C=C\CC)OC(=O)CCCCCCCCCCCCC. The highest BCUT2D eigenvalue weighted by Gasteiger charge is 2.30.